The molecule has 3 rings (SSSR count). The fourth-order valence-electron chi connectivity index (χ4n) is 1.96. The van der Waals surface area contributed by atoms with Crippen molar-refractivity contribution in [3.05, 3.63) is 46.6 Å². The van der Waals surface area contributed by atoms with E-state index in [1.807, 2.05) is 13.8 Å². The van der Waals surface area contributed by atoms with Gasteiger partial charge < -0.3 is 14.6 Å². The van der Waals surface area contributed by atoms with Crippen LogP contribution in [0.1, 0.15) is 13.8 Å². The quantitative estimate of drug-likeness (QED) is 0.487. The third-order valence-corrected chi connectivity index (χ3v) is 2.78. The molecule has 5 heteroatoms. The summed E-state index contributed by atoms with van der Waals surface area (Å²) in [6.07, 6.45) is 0. The molecule has 104 valence electrons. The average molecular weight is 276 g/mol. The summed E-state index contributed by atoms with van der Waals surface area (Å²) in [5.74, 6) is -1.66. The van der Waals surface area contributed by atoms with Gasteiger partial charge in [-0.15, -0.1) is 0 Å². The SMILES string of the molecule is CC.O=c1oc2cc(O)ccc2c2ccc(O)c(F)c12. The van der Waals surface area contributed by atoms with Gasteiger partial charge in [-0.1, -0.05) is 13.8 Å². The van der Waals surface area contributed by atoms with Gasteiger partial charge in [0.15, 0.2) is 11.6 Å². The lowest BCUT2D eigenvalue weighted by Gasteiger charge is -2.04. The van der Waals surface area contributed by atoms with Gasteiger partial charge in [-0.25, -0.2) is 9.18 Å². The lowest BCUT2D eigenvalue weighted by molar-refractivity contribution is 0.434. The van der Waals surface area contributed by atoms with E-state index in [0.717, 1.165) is 0 Å². The second-order valence-corrected chi connectivity index (χ2v) is 3.89. The molecule has 0 aliphatic carbocycles. The second-order valence-electron chi connectivity index (χ2n) is 3.89. The van der Waals surface area contributed by atoms with Crippen LogP contribution in [-0.4, -0.2) is 10.2 Å². The molecular weight excluding hydrogens is 263 g/mol. The molecule has 20 heavy (non-hydrogen) atoms. The first-order valence-corrected chi connectivity index (χ1v) is 6.15. The number of fused-ring (bicyclic) bond motifs is 3. The fourth-order valence-corrected chi connectivity index (χ4v) is 1.96. The molecule has 0 amide bonds. The fraction of sp³-hybridized carbons (Fsp3) is 0.133. The van der Waals surface area contributed by atoms with E-state index in [2.05, 4.69) is 0 Å². The van der Waals surface area contributed by atoms with E-state index in [4.69, 9.17) is 4.42 Å². The molecule has 0 aliphatic rings. The van der Waals surface area contributed by atoms with Crippen LogP contribution in [0.2, 0.25) is 0 Å². The summed E-state index contributed by atoms with van der Waals surface area (Å²) in [6.45, 7) is 4.00. The predicted octanol–water partition coefficient (Wildman–Crippen LogP) is 3.52. The molecule has 0 spiro atoms. The number of halogens is 1. The lowest BCUT2D eigenvalue weighted by atomic mass is 10.1. The normalized spacial score (nSPS) is 10.3. The van der Waals surface area contributed by atoms with Gasteiger partial charge in [-0.05, 0) is 24.3 Å². The van der Waals surface area contributed by atoms with Crippen LogP contribution in [0.4, 0.5) is 4.39 Å². The maximum atomic E-state index is 13.7. The molecule has 2 N–H and O–H groups in total. The van der Waals surface area contributed by atoms with Crippen molar-refractivity contribution in [3.8, 4) is 11.5 Å². The first kappa shape index (κ1) is 13.9. The van der Waals surface area contributed by atoms with E-state index < -0.39 is 17.2 Å². The number of aromatic hydroxyl groups is 2. The highest BCUT2D eigenvalue weighted by Gasteiger charge is 2.14. The van der Waals surface area contributed by atoms with Gasteiger partial charge in [0.1, 0.15) is 16.7 Å². The third kappa shape index (κ3) is 2.07. The first-order chi connectivity index (χ1) is 9.58. The largest absolute Gasteiger partial charge is 0.508 e. The minimum Gasteiger partial charge on any atom is -0.508 e. The summed E-state index contributed by atoms with van der Waals surface area (Å²) >= 11 is 0. The molecule has 0 unspecified atom stereocenters. The molecule has 4 nitrogen and oxygen atoms in total. The van der Waals surface area contributed by atoms with Crippen molar-refractivity contribution in [2.45, 2.75) is 13.8 Å². The number of rotatable bonds is 0. The Morgan fingerprint density at radius 1 is 1.05 bits per heavy atom. The van der Waals surface area contributed by atoms with Crippen molar-refractivity contribution in [2.75, 3.05) is 0 Å². The van der Waals surface area contributed by atoms with Gasteiger partial charge >= 0.3 is 5.63 Å². The number of hydrogen-bond donors (Lipinski definition) is 2. The van der Waals surface area contributed by atoms with Crippen LogP contribution >= 0.6 is 0 Å². The topological polar surface area (TPSA) is 70.7 Å². The van der Waals surface area contributed by atoms with Crippen LogP contribution in [0.3, 0.4) is 0 Å². The Labute approximate surface area is 113 Å². The van der Waals surface area contributed by atoms with Crippen molar-refractivity contribution in [3.63, 3.8) is 0 Å². The second kappa shape index (κ2) is 5.21. The molecule has 0 fully saturated rings. The Hall–Kier alpha value is -2.56. The van der Waals surface area contributed by atoms with Gasteiger partial charge in [0.2, 0.25) is 0 Å². The molecule has 1 heterocycles. The monoisotopic (exact) mass is 276 g/mol. The first-order valence-electron chi connectivity index (χ1n) is 6.15. The minimum atomic E-state index is -1.00. The van der Waals surface area contributed by atoms with Crippen molar-refractivity contribution in [2.24, 2.45) is 0 Å². The molecule has 3 aromatic rings. The summed E-state index contributed by atoms with van der Waals surface area (Å²) in [5.41, 5.74) is -0.728. The van der Waals surface area contributed by atoms with Gasteiger partial charge in [0, 0.05) is 16.8 Å². The maximum absolute atomic E-state index is 13.7. The molecule has 0 aliphatic heterocycles. The van der Waals surface area contributed by atoms with E-state index in [1.54, 1.807) is 0 Å². The number of phenolic OH excluding ortho intramolecular Hbond substituents is 2. The standard InChI is InChI=1S/C13H7FO4.C2H6/c14-12-9(16)4-3-8-7-2-1-6(15)5-10(7)18-13(17)11(8)12;1-2/h1-5,15-16H;1-2H3. The Balaban J connectivity index is 0.000000704. The Kier molecular flexibility index (Phi) is 3.61. The smallest absolute Gasteiger partial charge is 0.347 e. The van der Waals surface area contributed by atoms with Crippen LogP contribution in [-0.2, 0) is 0 Å². The molecule has 0 saturated heterocycles. The molecule has 0 bridgehead atoms. The Morgan fingerprint density at radius 3 is 2.40 bits per heavy atom. The van der Waals surface area contributed by atoms with Crippen molar-refractivity contribution in [1.82, 2.24) is 0 Å². The minimum absolute atomic E-state index is 0.0516. The predicted molar refractivity (Wildman–Crippen MR) is 74.6 cm³/mol. The van der Waals surface area contributed by atoms with Crippen molar-refractivity contribution in [1.29, 1.82) is 0 Å². The van der Waals surface area contributed by atoms with E-state index in [9.17, 15) is 19.4 Å². The van der Waals surface area contributed by atoms with Crippen molar-refractivity contribution >= 4 is 21.7 Å². The molecule has 0 saturated carbocycles. The van der Waals surface area contributed by atoms with Crippen LogP contribution in [0, 0.1) is 5.82 Å². The molecular formula is C15H13FO4. The zero-order valence-electron chi connectivity index (χ0n) is 11.0. The Morgan fingerprint density at radius 2 is 1.70 bits per heavy atom. The number of phenols is 2. The Bertz CT molecular complexity index is 837. The molecule has 1 aromatic heterocycles. The zero-order valence-corrected chi connectivity index (χ0v) is 11.0. The van der Waals surface area contributed by atoms with Gasteiger partial charge in [0.25, 0.3) is 0 Å². The van der Waals surface area contributed by atoms with Gasteiger partial charge in [-0.3, -0.25) is 0 Å². The highest BCUT2D eigenvalue weighted by atomic mass is 19.1. The van der Waals surface area contributed by atoms with E-state index in [1.165, 1.54) is 30.3 Å². The van der Waals surface area contributed by atoms with Crippen LogP contribution in [0.25, 0.3) is 21.7 Å². The van der Waals surface area contributed by atoms with Gasteiger partial charge in [-0.2, -0.15) is 0 Å². The summed E-state index contributed by atoms with van der Waals surface area (Å²) in [7, 11) is 0. The summed E-state index contributed by atoms with van der Waals surface area (Å²) < 4.78 is 18.6. The van der Waals surface area contributed by atoms with E-state index in [0.29, 0.717) is 10.8 Å². The number of hydrogen-bond acceptors (Lipinski definition) is 4. The highest BCUT2D eigenvalue weighted by molar-refractivity contribution is 6.05. The summed E-state index contributed by atoms with van der Waals surface area (Å²) in [4.78, 5) is 11.7. The summed E-state index contributed by atoms with van der Waals surface area (Å²) in [6, 6.07) is 6.81. The lowest BCUT2D eigenvalue weighted by Crippen LogP contribution is -2.02. The summed E-state index contributed by atoms with van der Waals surface area (Å²) in [5, 5.41) is 19.1. The molecule has 2 aromatic carbocycles. The third-order valence-electron chi connectivity index (χ3n) is 2.78. The highest BCUT2D eigenvalue weighted by Crippen LogP contribution is 2.30. The zero-order chi connectivity index (χ0) is 14.9. The van der Waals surface area contributed by atoms with Crippen LogP contribution in [0.5, 0.6) is 11.5 Å². The van der Waals surface area contributed by atoms with Crippen LogP contribution < -0.4 is 5.63 Å². The van der Waals surface area contributed by atoms with Crippen LogP contribution in [0.15, 0.2) is 39.5 Å². The number of benzene rings is 2. The molecule has 0 radical (unpaired) electrons. The van der Waals surface area contributed by atoms with E-state index in [-0.39, 0.29) is 16.7 Å². The van der Waals surface area contributed by atoms with E-state index >= 15 is 0 Å². The maximum Gasteiger partial charge on any atom is 0.347 e. The van der Waals surface area contributed by atoms with Gasteiger partial charge in [0.05, 0.1) is 0 Å². The van der Waals surface area contributed by atoms with Crippen molar-refractivity contribution < 1.29 is 19.0 Å². The average Bonchev–Trinajstić information content (AvgIpc) is 2.44. The molecule has 0 atom stereocenters.